The Balaban J connectivity index is 1.76. The van der Waals surface area contributed by atoms with Crippen LogP contribution in [0.1, 0.15) is 21.5 Å². The maximum absolute atomic E-state index is 12.5. The maximum atomic E-state index is 12.5. The fraction of sp³-hybridized carbons (Fsp3) is 0.0556. The van der Waals surface area contributed by atoms with E-state index >= 15 is 0 Å². The van der Waals surface area contributed by atoms with E-state index in [9.17, 15) is 24.5 Å². The summed E-state index contributed by atoms with van der Waals surface area (Å²) in [5.74, 6) is -1.52. The molecule has 0 aliphatic carbocycles. The number of carboxylic acid groups (broad SMARTS) is 1. The van der Waals surface area contributed by atoms with Gasteiger partial charge in [-0.2, -0.15) is 0 Å². The highest BCUT2D eigenvalue weighted by atomic mass is 32.2. The van der Waals surface area contributed by atoms with Crippen LogP contribution in [0.2, 0.25) is 0 Å². The second kappa shape index (κ2) is 7.42. The summed E-state index contributed by atoms with van der Waals surface area (Å²) >= 11 is 0.788. The number of aromatic carboxylic acids is 1. The van der Waals surface area contributed by atoms with Gasteiger partial charge in [-0.05, 0) is 41.1 Å². The number of rotatable bonds is 5. The molecule has 136 valence electrons. The standard InChI is InChI=1S/C18H12N2O6S/c21-16-15(9-11-1-5-13(6-2-11)17(22)23)27-18(24)19(16)10-12-3-7-14(8-4-12)20(25)26/h1-9H,10H2,(H,22,23)/b15-9-. The van der Waals surface area contributed by atoms with Crippen molar-refractivity contribution in [2.24, 2.45) is 0 Å². The molecule has 27 heavy (non-hydrogen) atoms. The van der Waals surface area contributed by atoms with Crippen molar-refractivity contribution in [2.75, 3.05) is 0 Å². The van der Waals surface area contributed by atoms with Crippen molar-refractivity contribution in [3.8, 4) is 0 Å². The average Bonchev–Trinajstić information content (AvgIpc) is 2.90. The molecule has 2 aromatic carbocycles. The van der Waals surface area contributed by atoms with Crippen LogP contribution in [0.25, 0.3) is 6.08 Å². The fourth-order valence-corrected chi connectivity index (χ4v) is 3.25. The number of carbonyl (C=O) groups excluding carboxylic acids is 2. The number of carboxylic acids is 1. The molecule has 3 rings (SSSR count). The van der Waals surface area contributed by atoms with E-state index in [1.165, 1.54) is 42.5 Å². The summed E-state index contributed by atoms with van der Waals surface area (Å²) in [5.41, 5.74) is 1.24. The number of hydrogen-bond donors (Lipinski definition) is 1. The number of nitro benzene ring substituents is 1. The molecule has 1 heterocycles. The third kappa shape index (κ3) is 4.04. The summed E-state index contributed by atoms with van der Waals surface area (Å²) in [5, 5.41) is 19.1. The highest BCUT2D eigenvalue weighted by Crippen LogP contribution is 2.33. The SMILES string of the molecule is O=C(O)c1ccc(/C=C2\SC(=O)N(Cc3ccc([N+](=O)[O-])cc3)C2=O)cc1. The van der Waals surface area contributed by atoms with Gasteiger partial charge in [0, 0.05) is 12.1 Å². The third-order valence-corrected chi connectivity index (χ3v) is 4.72. The monoisotopic (exact) mass is 384 g/mol. The van der Waals surface area contributed by atoms with Crippen LogP contribution in [0.5, 0.6) is 0 Å². The van der Waals surface area contributed by atoms with E-state index in [4.69, 9.17) is 5.11 Å². The molecule has 9 heteroatoms. The molecule has 0 atom stereocenters. The van der Waals surface area contributed by atoms with Crippen LogP contribution in [0, 0.1) is 10.1 Å². The molecule has 0 unspecified atom stereocenters. The van der Waals surface area contributed by atoms with Crippen molar-refractivity contribution in [2.45, 2.75) is 6.54 Å². The van der Waals surface area contributed by atoms with Crippen molar-refractivity contribution in [3.05, 3.63) is 80.2 Å². The molecule has 2 amide bonds. The Kier molecular flexibility index (Phi) is 5.04. The van der Waals surface area contributed by atoms with Crippen molar-refractivity contribution < 1.29 is 24.4 Å². The van der Waals surface area contributed by atoms with E-state index in [0.29, 0.717) is 11.1 Å². The molecular weight excluding hydrogens is 372 g/mol. The van der Waals surface area contributed by atoms with Gasteiger partial charge in [0.05, 0.1) is 21.9 Å². The van der Waals surface area contributed by atoms with Crippen molar-refractivity contribution in [1.29, 1.82) is 0 Å². The zero-order chi connectivity index (χ0) is 19.6. The van der Waals surface area contributed by atoms with E-state index in [0.717, 1.165) is 16.7 Å². The van der Waals surface area contributed by atoms with Crippen LogP contribution in [0.15, 0.2) is 53.4 Å². The Labute approximate surface area is 157 Å². The molecule has 0 bridgehead atoms. The van der Waals surface area contributed by atoms with Gasteiger partial charge in [-0.3, -0.25) is 24.6 Å². The summed E-state index contributed by atoms with van der Waals surface area (Å²) in [7, 11) is 0. The first-order valence-corrected chi connectivity index (χ1v) is 8.49. The van der Waals surface area contributed by atoms with E-state index in [-0.39, 0.29) is 22.7 Å². The first kappa shape index (κ1) is 18.3. The number of nitrogens with zero attached hydrogens (tertiary/aromatic N) is 2. The number of thioether (sulfide) groups is 1. The lowest BCUT2D eigenvalue weighted by Crippen LogP contribution is -2.27. The highest BCUT2D eigenvalue weighted by molar-refractivity contribution is 8.18. The summed E-state index contributed by atoms with van der Waals surface area (Å²) < 4.78 is 0. The molecular formula is C18H12N2O6S. The normalized spacial score (nSPS) is 15.4. The van der Waals surface area contributed by atoms with E-state index in [2.05, 4.69) is 0 Å². The Bertz CT molecular complexity index is 966. The molecule has 1 N–H and O–H groups in total. The largest absolute Gasteiger partial charge is 0.478 e. The van der Waals surface area contributed by atoms with Crippen LogP contribution >= 0.6 is 11.8 Å². The number of benzene rings is 2. The molecule has 1 saturated heterocycles. The average molecular weight is 384 g/mol. The van der Waals surface area contributed by atoms with Crippen molar-refractivity contribution in [3.63, 3.8) is 0 Å². The highest BCUT2D eigenvalue weighted by Gasteiger charge is 2.35. The van der Waals surface area contributed by atoms with Crippen LogP contribution in [-0.2, 0) is 11.3 Å². The minimum absolute atomic E-state index is 0.0119. The lowest BCUT2D eigenvalue weighted by atomic mass is 10.1. The first-order valence-electron chi connectivity index (χ1n) is 7.67. The number of carbonyl (C=O) groups is 3. The van der Waals surface area contributed by atoms with Gasteiger partial charge in [0.1, 0.15) is 0 Å². The second-order valence-corrected chi connectivity index (χ2v) is 6.61. The number of imide groups is 1. The molecule has 8 nitrogen and oxygen atoms in total. The van der Waals surface area contributed by atoms with Gasteiger partial charge in [-0.1, -0.05) is 24.3 Å². The van der Waals surface area contributed by atoms with Gasteiger partial charge < -0.3 is 5.11 Å². The molecule has 0 spiro atoms. The molecule has 0 saturated carbocycles. The topological polar surface area (TPSA) is 118 Å². The van der Waals surface area contributed by atoms with Crippen LogP contribution < -0.4 is 0 Å². The minimum atomic E-state index is -1.05. The number of hydrogen-bond acceptors (Lipinski definition) is 6. The number of nitro groups is 1. The maximum Gasteiger partial charge on any atom is 0.335 e. The van der Waals surface area contributed by atoms with E-state index in [1.807, 2.05) is 0 Å². The Morgan fingerprint density at radius 2 is 1.74 bits per heavy atom. The molecule has 0 aromatic heterocycles. The van der Waals surface area contributed by atoms with E-state index in [1.54, 1.807) is 12.1 Å². The third-order valence-electron chi connectivity index (χ3n) is 3.82. The molecule has 0 radical (unpaired) electrons. The number of non-ortho nitro benzene ring substituents is 1. The Morgan fingerprint density at radius 3 is 2.30 bits per heavy atom. The van der Waals surface area contributed by atoms with Crippen LogP contribution in [0.4, 0.5) is 10.5 Å². The zero-order valence-corrected chi connectivity index (χ0v) is 14.5. The molecule has 1 fully saturated rings. The predicted molar refractivity (Wildman–Crippen MR) is 98.0 cm³/mol. The van der Waals surface area contributed by atoms with Crippen molar-refractivity contribution >= 4 is 40.6 Å². The number of amides is 2. The molecule has 1 aliphatic rings. The lowest BCUT2D eigenvalue weighted by molar-refractivity contribution is -0.384. The summed E-state index contributed by atoms with van der Waals surface area (Å²) in [4.78, 5) is 46.9. The Hall–Kier alpha value is -3.46. The molecule has 1 aliphatic heterocycles. The van der Waals surface area contributed by atoms with Crippen LogP contribution in [0.3, 0.4) is 0 Å². The minimum Gasteiger partial charge on any atom is -0.478 e. The fourth-order valence-electron chi connectivity index (χ4n) is 2.42. The Morgan fingerprint density at radius 1 is 1.11 bits per heavy atom. The van der Waals surface area contributed by atoms with Crippen molar-refractivity contribution in [1.82, 2.24) is 4.90 Å². The smallest absolute Gasteiger partial charge is 0.335 e. The molecule has 2 aromatic rings. The quantitative estimate of drug-likeness (QED) is 0.476. The first-order chi connectivity index (χ1) is 12.8. The van der Waals surface area contributed by atoms with Gasteiger partial charge in [-0.15, -0.1) is 0 Å². The van der Waals surface area contributed by atoms with Crippen LogP contribution in [-0.4, -0.2) is 32.0 Å². The zero-order valence-electron chi connectivity index (χ0n) is 13.7. The van der Waals surface area contributed by atoms with Gasteiger partial charge in [-0.25, -0.2) is 4.79 Å². The second-order valence-electron chi connectivity index (χ2n) is 5.62. The summed E-state index contributed by atoms with van der Waals surface area (Å²) in [6.07, 6.45) is 1.52. The summed E-state index contributed by atoms with van der Waals surface area (Å²) in [6.45, 7) is 0.0119. The van der Waals surface area contributed by atoms with E-state index < -0.39 is 22.0 Å². The van der Waals surface area contributed by atoms with Gasteiger partial charge >= 0.3 is 5.97 Å². The lowest BCUT2D eigenvalue weighted by Gasteiger charge is -2.12. The summed E-state index contributed by atoms with van der Waals surface area (Å²) in [6, 6.07) is 11.5. The predicted octanol–water partition coefficient (Wildman–Crippen LogP) is 3.53. The van der Waals surface area contributed by atoms with Gasteiger partial charge in [0.15, 0.2) is 0 Å². The van der Waals surface area contributed by atoms with Gasteiger partial charge in [0.2, 0.25) is 0 Å². The van der Waals surface area contributed by atoms with Gasteiger partial charge in [0.25, 0.3) is 16.8 Å².